The number of carbonyl (C=O) groups excluding carboxylic acids is 4. The molecule has 0 spiro atoms. The SMILES string of the molecule is O=C(CCCCCC(=O)ON1C(=O)CC(S(=O)(=O)O)C1=O)NCc1ccc(CO)c([N+](=O)[O-])c1.[NaH]. The molecule has 1 saturated heterocycles. The van der Waals surface area contributed by atoms with Gasteiger partial charge in [-0.1, -0.05) is 12.5 Å². The van der Waals surface area contributed by atoms with Gasteiger partial charge in [-0.15, -0.1) is 5.06 Å². The number of benzene rings is 1. The minimum atomic E-state index is -4.80. The first-order valence-corrected chi connectivity index (χ1v) is 11.6. The van der Waals surface area contributed by atoms with Gasteiger partial charge in [0.05, 0.1) is 23.5 Å². The third-order valence-electron chi connectivity index (χ3n) is 4.91. The van der Waals surface area contributed by atoms with Crippen LogP contribution in [0.5, 0.6) is 0 Å². The number of aliphatic hydroxyl groups is 1. The number of rotatable bonds is 12. The normalized spacial score (nSPS) is 15.5. The molecule has 0 radical (unpaired) electrons. The van der Waals surface area contributed by atoms with Crippen molar-refractivity contribution >= 4 is 69.1 Å². The molecule has 16 heteroatoms. The topological polar surface area (TPSA) is 211 Å². The van der Waals surface area contributed by atoms with Crippen LogP contribution in [0.2, 0.25) is 0 Å². The maximum absolute atomic E-state index is 11.9. The molecular formula is C19H24N3NaO11S. The van der Waals surface area contributed by atoms with Crippen molar-refractivity contribution < 1.29 is 47.0 Å². The van der Waals surface area contributed by atoms with E-state index in [-0.39, 0.29) is 77.6 Å². The molecule has 1 heterocycles. The standard InChI is InChI=1S/C19H23N3O11S.Na.H/c23-11-13-7-6-12(8-14(13)22(28)29)10-20-16(24)4-2-1-3-5-18(26)33-21-17(25)9-15(19(21)27)34(30,31)32;;/h6-8,15,23H,1-5,9-11H2,(H,20,24)(H,30,31,32);;. The van der Waals surface area contributed by atoms with Gasteiger partial charge in [-0.05, 0) is 24.5 Å². The second-order valence-electron chi connectivity index (χ2n) is 7.41. The number of nitrogens with one attached hydrogen (secondary N) is 1. The maximum atomic E-state index is 11.9. The Labute approximate surface area is 222 Å². The third kappa shape index (κ3) is 8.94. The summed E-state index contributed by atoms with van der Waals surface area (Å²) in [4.78, 5) is 62.2. The van der Waals surface area contributed by atoms with Crippen LogP contribution in [0.25, 0.3) is 0 Å². The summed E-state index contributed by atoms with van der Waals surface area (Å²) in [5.74, 6) is -3.67. The van der Waals surface area contributed by atoms with Gasteiger partial charge >= 0.3 is 35.5 Å². The molecule has 1 unspecified atom stereocenters. The first-order chi connectivity index (χ1) is 15.9. The number of aliphatic hydroxyl groups excluding tert-OH is 1. The van der Waals surface area contributed by atoms with E-state index in [0.29, 0.717) is 18.4 Å². The van der Waals surface area contributed by atoms with Gasteiger partial charge in [0.25, 0.3) is 27.6 Å². The Morgan fingerprint density at radius 3 is 2.43 bits per heavy atom. The Bertz CT molecular complexity index is 1090. The van der Waals surface area contributed by atoms with Gasteiger partial charge in [0.1, 0.15) is 0 Å². The predicted octanol–water partition coefficient (Wildman–Crippen LogP) is -0.521. The van der Waals surface area contributed by atoms with Crippen LogP contribution in [0.3, 0.4) is 0 Å². The van der Waals surface area contributed by atoms with Gasteiger partial charge in [-0.25, -0.2) is 4.79 Å². The number of nitro groups is 1. The number of imide groups is 1. The van der Waals surface area contributed by atoms with Crippen molar-refractivity contribution in [1.29, 1.82) is 0 Å². The molecule has 3 amide bonds. The molecule has 2 rings (SSSR count). The number of amides is 3. The van der Waals surface area contributed by atoms with E-state index >= 15 is 0 Å². The van der Waals surface area contributed by atoms with E-state index in [9.17, 15) is 37.7 Å². The average molecular weight is 525 g/mol. The van der Waals surface area contributed by atoms with Crippen LogP contribution in [0, 0.1) is 10.1 Å². The van der Waals surface area contributed by atoms with Crippen LogP contribution in [0.1, 0.15) is 49.7 Å². The molecule has 1 aromatic rings. The van der Waals surface area contributed by atoms with Crippen LogP contribution >= 0.6 is 0 Å². The molecule has 14 nitrogen and oxygen atoms in total. The molecule has 188 valence electrons. The van der Waals surface area contributed by atoms with Crippen molar-refractivity contribution in [2.24, 2.45) is 0 Å². The molecule has 1 aliphatic rings. The van der Waals surface area contributed by atoms with Gasteiger partial charge in [0.2, 0.25) is 5.91 Å². The fraction of sp³-hybridized carbons (Fsp3) is 0.474. The van der Waals surface area contributed by atoms with Crippen molar-refractivity contribution in [2.75, 3.05) is 0 Å². The fourth-order valence-corrected chi connectivity index (χ4v) is 3.81. The summed E-state index contributed by atoms with van der Waals surface area (Å²) in [7, 11) is -4.80. The quantitative estimate of drug-likeness (QED) is 0.0789. The number of nitrogens with zero attached hydrogens (tertiary/aromatic N) is 2. The van der Waals surface area contributed by atoms with E-state index in [0.717, 1.165) is 0 Å². The minimum absolute atomic E-state index is 0. The molecule has 35 heavy (non-hydrogen) atoms. The number of hydrogen-bond acceptors (Lipinski definition) is 10. The summed E-state index contributed by atoms with van der Waals surface area (Å²) in [6.07, 6.45) is 0.183. The third-order valence-corrected chi connectivity index (χ3v) is 5.99. The van der Waals surface area contributed by atoms with Crippen molar-refractivity contribution in [3.05, 3.63) is 39.4 Å². The Morgan fingerprint density at radius 2 is 1.86 bits per heavy atom. The van der Waals surface area contributed by atoms with Crippen molar-refractivity contribution in [3.8, 4) is 0 Å². The van der Waals surface area contributed by atoms with Crippen LogP contribution in [0.15, 0.2) is 18.2 Å². The van der Waals surface area contributed by atoms with Gasteiger partial charge in [0, 0.05) is 25.5 Å². The Morgan fingerprint density at radius 1 is 1.20 bits per heavy atom. The van der Waals surface area contributed by atoms with Gasteiger partial charge in [0.15, 0.2) is 5.25 Å². The summed E-state index contributed by atoms with van der Waals surface area (Å²) >= 11 is 0. The zero-order valence-corrected chi connectivity index (χ0v) is 18.7. The van der Waals surface area contributed by atoms with Crippen molar-refractivity contribution in [2.45, 2.75) is 56.9 Å². The molecular weight excluding hydrogens is 501 g/mol. The summed E-state index contributed by atoms with van der Waals surface area (Å²) in [6, 6.07) is 4.23. The number of hydroxylamine groups is 2. The predicted molar refractivity (Wildman–Crippen MR) is 119 cm³/mol. The fourth-order valence-electron chi connectivity index (χ4n) is 3.10. The molecule has 0 aromatic heterocycles. The molecule has 0 saturated carbocycles. The van der Waals surface area contributed by atoms with E-state index in [1.54, 1.807) is 6.07 Å². The van der Waals surface area contributed by atoms with Gasteiger partial charge < -0.3 is 15.3 Å². The molecule has 1 aromatic carbocycles. The zero-order valence-electron chi connectivity index (χ0n) is 17.8. The van der Waals surface area contributed by atoms with E-state index < -0.39 is 51.1 Å². The average Bonchev–Trinajstić information content (AvgIpc) is 3.05. The molecule has 1 fully saturated rings. The molecule has 0 aliphatic carbocycles. The second-order valence-corrected chi connectivity index (χ2v) is 9.01. The van der Waals surface area contributed by atoms with Crippen molar-refractivity contribution in [1.82, 2.24) is 10.4 Å². The number of carbonyl (C=O) groups is 4. The Kier molecular flexibility index (Phi) is 11.9. The number of hydrogen-bond donors (Lipinski definition) is 3. The molecule has 3 N–H and O–H groups in total. The van der Waals surface area contributed by atoms with Gasteiger partial charge in [-0.3, -0.25) is 29.1 Å². The summed E-state index contributed by atoms with van der Waals surface area (Å²) in [5, 5.41) is 20.8. The monoisotopic (exact) mass is 525 g/mol. The van der Waals surface area contributed by atoms with Crippen molar-refractivity contribution in [3.63, 3.8) is 0 Å². The van der Waals surface area contributed by atoms with Crippen LogP contribution in [-0.2, 0) is 47.3 Å². The number of unbranched alkanes of at least 4 members (excludes halogenated alkanes) is 2. The Hall–Kier alpha value is -2.43. The van der Waals surface area contributed by atoms with Gasteiger partial charge in [-0.2, -0.15) is 8.42 Å². The van der Waals surface area contributed by atoms with E-state index in [2.05, 4.69) is 10.2 Å². The first kappa shape index (κ1) is 30.6. The molecule has 0 bridgehead atoms. The van der Waals surface area contributed by atoms with E-state index in [1.165, 1.54) is 12.1 Å². The van der Waals surface area contributed by atoms with Crippen LogP contribution < -0.4 is 5.32 Å². The number of nitro benzene ring substituents is 1. The second kappa shape index (κ2) is 13.6. The summed E-state index contributed by atoms with van der Waals surface area (Å²) in [5.41, 5.74) is 0.407. The van der Waals surface area contributed by atoms with E-state index in [4.69, 9.17) is 9.66 Å². The zero-order chi connectivity index (χ0) is 25.5. The van der Waals surface area contributed by atoms with Crippen LogP contribution in [-0.4, -0.2) is 86.6 Å². The van der Waals surface area contributed by atoms with E-state index in [1.807, 2.05) is 0 Å². The molecule has 1 aliphatic heterocycles. The Balaban J connectivity index is 0.00000612. The van der Waals surface area contributed by atoms with Crippen LogP contribution in [0.4, 0.5) is 5.69 Å². The molecule has 1 atom stereocenters. The summed E-state index contributed by atoms with van der Waals surface area (Å²) < 4.78 is 31.0. The summed E-state index contributed by atoms with van der Waals surface area (Å²) in [6.45, 7) is -0.424. The first-order valence-electron chi connectivity index (χ1n) is 10.1.